The van der Waals surface area contributed by atoms with Gasteiger partial charge in [0, 0.05) is 36.1 Å². The van der Waals surface area contributed by atoms with E-state index in [9.17, 15) is 14.4 Å². The van der Waals surface area contributed by atoms with Crippen molar-refractivity contribution in [3.63, 3.8) is 0 Å². The third-order valence-electron chi connectivity index (χ3n) is 3.62. The van der Waals surface area contributed by atoms with Crippen LogP contribution in [0.25, 0.3) is 4.96 Å². The van der Waals surface area contributed by atoms with E-state index in [1.807, 2.05) is 16.0 Å². The SMILES string of the molecule is CC(=O)Nc1ccc(NC(=O)[C@H](C)OC(=O)Cc2cn3ccsc3n2)cc1. The minimum Gasteiger partial charge on any atom is -0.452 e. The molecule has 0 aliphatic rings. The van der Waals surface area contributed by atoms with Crippen molar-refractivity contribution in [2.24, 2.45) is 0 Å². The zero-order chi connectivity index (χ0) is 19.4. The summed E-state index contributed by atoms with van der Waals surface area (Å²) >= 11 is 1.47. The Morgan fingerprint density at radius 2 is 1.85 bits per heavy atom. The van der Waals surface area contributed by atoms with Crippen molar-refractivity contribution in [3.05, 3.63) is 47.7 Å². The lowest BCUT2D eigenvalue weighted by molar-refractivity contribution is -0.152. The number of nitrogens with one attached hydrogen (secondary N) is 2. The number of carbonyl (C=O) groups excluding carboxylic acids is 3. The predicted octanol–water partition coefficient (Wildman–Crippen LogP) is 2.47. The smallest absolute Gasteiger partial charge is 0.312 e. The molecule has 0 saturated carbocycles. The summed E-state index contributed by atoms with van der Waals surface area (Å²) in [7, 11) is 0. The van der Waals surface area contributed by atoms with Gasteiger partial charge < -0.3 is 15.4 Å². The summed E-state index contributed by atoms with van der Waals surface area (Å²) in [5, 5.41) is 7.20. The number of esters is 1. The van der Waals surface area contributed by atoms with Gasteiger partial charge in [-0.15, -0.1) is 11.3 Å². The Morgan fingerprint density at radius 3 is 2.48 bits per heavy atom. The Bertz CT molecular complexity index is 948. The van der Waals surface area contributed by atoms with Crippen molar-refractivity contribution in [1.29, 1.82) is 0 Å². The highest BCUT2D eigenvalue weighted by Crippen LogP contribution is 2.15. The minimum absolute atomic E-state index is 0.00255. The number of hydrogen-bond acceptors (Lipinski definition) is 6. The summed E-state index contributed by atoms with van der Waals surface area (Å²) in [4.78, 5) is 40.3. The first-order chi connectivity index (χ1) is 12.9. The molecule has 8 nitrogen and oxygen atoms in total. The van der Waals surface area contributed by atoms with Crippen molar-refractivity contribution < 1.29 is 19.1 Å². The van der Waals surface area contributed by atoms with Gasteiger partial charge in [-0.1, -0.05) is 0 Å². The van der Waals surface area contributed by atoms with Gasteiger partial charge in [0.05, 0.1) is 12.1 Å². The molecule has 9 heteroatoms. The number of benzene rings is 1. The molecule has 140 valence electrons. The first-order valence-corrected chi connectivity index (χ1v) is 9.08. The van der Waals surface area contributed by atoms with Crippen LogP contribution in [-0.2, 0) is 25.5 Å². The average Bonchev–Trinajstić information content (AvgIpc) is 3.17. The van der Waals surface area contributed by atoms with Gasteiger partial charge in [0.25, 0.3) is 5.91 Å². The van der Waals surface area contributed by atoms with E-state index in [1.165, 1.54) is 25.2 Å². The topological polar surface area (TPSA) is 102 Å². The molecule has 1 atom stereocenters. The van der Waals surface area contributed by atoms with Crippen LogP contribution in [0.3, 0.4) is 0 Å². The zero-order valence-corrected chi connectivity index (χ0v) is 15.6. The fourth-order valence-corrected chi connectivity index (χ4v) is 3.10. The molecule has 3 rings (SSSR count). The van der Waals surface area contributed by atoms with Crippen LogP contribution in [0.15, 0.2) is 42.0 Å². The molecular formula is C18H18N4O4S. The maximum Gasteiger partial charge on any atom is 0.312 e. The van der Waals surface area contributed by atoms with Gasteiger partial charge in [0.15, 0.2) is 11.1 Å². The Balaban J connectivity index is 1.51. The van der Waals surface area contributed by atoms with Crippen LogP contribution < -0.4 is 10.6 Å². The first kappa shape index (κ1) is 18.6. The monoisotopic (exact) mass is 386 g/mol. The normalized spacial score (nSPS) is 11.8. The number of aromatic nitrogens is 2. The highest BCUT2D eigenvalue weighted by molar-refractivity contribution is 7.15. The highest BCUT2D eigenvalue weighted by Gasteiger charge is 2.19. The molecular weight excluding hydrogens is 368 g/mol. The highest BCUT2D eigenvalue weighted by atomic mass is 32.1. The van der Waals surface area contributed by atoms with Gasteiger partial charge in [0.1, 0.15) is 0 Å². The summed E-state index contributed by atoms with van der Waals surface area (Å²) in [5.74, 6) is -1.14. The van der Waals surface area contributed by atoms with E-state index in [0.29, 0.717) is 17.1 Å². The maximum absolute atomic E-state index is 12.2. The van der Waals surface area contributed by atoms with Crippen molar-refractivity contribution in [2.75, 3.05) is 10.6 Å². The Hall–Kier alpha value is -3.20. The fourth-order valence-electron chi connectivity index (χ4n) is 2.39. The molecule has 0 bridgehead atoms. The van der Waals surface area contributed by atoms with Crippen LogP contribution in [0.5, 0.6) is 0 Å². The van der Waals surface area contributed by atoms with E-state index in [-0.39, 0.29) is 12.3 Å². The Labute approximate surface area is 159 Å². The third-order valence-corrected chi connectivity index (χ3v) is 4.39. The molecule has 3 aromatic rings. The van der Waals surface area contributed by atoms with E-state index in [4.69, 9.17) is 4.74 Å². The van der Waals surface area contributed by atoms with Gasteiger partial charge in [-0.25, -0.2) is 4.98 Å². The summed E-state index contributed by atoms with van der Waals surface area (Å²) in [6.07, 6.45) is 2.66. The Morgan fingerprint density at radius 1 is 1.19 bits per heavy atom. The molecule has 0 radical (unpaired) electrons. The lowest BCUT2D eigenvalue weighted by atomic mass is 10.2. The van der Waals surface area contributed by atoms with Gasteiger partial charge >= 0.3 is 5.97 Å². The molecule has 2 N–H and O–H groups in total. The van der Waals surface area contributed by atoms with Crippen molar-refractivity contribution in [3.8, 4) is 0 Å². The fraction of sp³-hybridized carbons (Fsp3) is 0.222. The average molecular weight is 386 g/mol. The van der Waals surface area contributed by atoms with Crippen LogP contribution >= 0.6 is 11.3 Å². The molecule has 0 aliphatic carbocycles. The van der Waals surface area contributed by atoms with Gasteiger partial charge in [0.2, 0.25) is 5.91 Å². The standard InChI is InChI=1S/C18H18N4O4S/c1-11(17(25)20-14-5-3-13(4-6-14)19-12(2)23)26-16(24)9-15-10-22-7-8-27-18(22)21-15/h3-8,10-11H,9H2,1-2H3,(H,19,23)(H,20,25)/t11-/m0/s1. The van der Waals surface area contributed by atoms with Gasteiger partial charge in [-0.2, -0.15) is 0 Å². The first-order valence-electron chi connectivity index (χ1n) is 8.20. The number of imidazole rings is 1. The quantitative estimate of drug-likeness (QED) is 0.634. The number of anilines is 2. The van der Waals surface area contributed by atoms with E-state index >= 15 is 0 Å². The molecule has 27 heavy (non-hydrogen) atoms. The van der Waals surface area contributed by atoms with E-state index in [2.05, 4.69) is 15.6 Å². The minimum atomic E-state index is -0.948. The van der Waals surface area contributed by atoms with E-state index < -0.39 is 18.0 Å². The summed E-state index contributed by atoms with van der Waals surface area (Å²) in [6, 6.07) is 6.63. The van der Waals surface area contributed by atoms with Crippen LogP contribution in [0.2, 0.25) is 0 Å². The third kappa shape index (κ3) is 4.91. The number of carbonyl (C=O) groups is 3. The summed E-state index contributed by atoms with van der Waals surface area (Å²) in [5.41, 5.74) is 1.75. The Kier molecular flexibility index (Phi) is 5.51. The second-order valence-corrected chi connectivity index (χ2v) is 6.75. The predicted molar refractivity (Wildman–Crippen MR) is 102 cm³/mol. The van der Waals surface area contributed by atoms with E-state index in [0.717, 1.165) is 4.96 Å². The van der Waals surface area contributed by atoms with Crippen molar-refractivity contribution >= 4 is 45.5 Å². The van der Waals surface area contributed by atoms with Gasteiger partial charge in [-0.3, -0.25) is 18.8 Å². The molecule has 0 aliphatic heterocycles. The molecule has 1 aromatic carbocycles. The van der Waals surface area contributed by atoms with Gasteiger partial charge in [-0.05, 0) is 31.2 Å². The molecule has 2 amide bonds. The number of ether oxygens (including phenoxy) is 1. The van der Waals surface area contributed by atoms with Crippen molar-refractivity contribution in [2.45, 2.75) is 26.4 Å². The summed E-state index contributed by atoms with van der Waals surface area (Å²) < 4.78 is 7.01. The lowest BCUT2D eigenvalue weighted by Gasteiger charge is -2.13. The van der Waals surface area contributed by atoms with E-state index in [1.54, 1.807) is 30.5 Å². The van der Waals surface area contributed by atoms with Crippen LogP contribution in [-0.4, -0.2) is 33.3 Å². The molecule has 0 spiro atoms. The number of amides is 2. The number of fused-ring (bicyclic) bond motifs is 1. The second kappa shape index (κ2) is 8.00. The van der Waals surface area contributed by atoms with Crippen LogP contribution in [0, 0.1) is 0 Å². The lowest BCUT2D eigenvalue weighted by Crippen LogP contribution is -2.30. The zero-order valence-electron chi connectivity index (χ0n) is 14.8. The molecule has 2 aromatic heterocycles. The number of nitrogens with zero attached hydrogens (tertiary/aromatic N) is 2. The largest absolute Gasteiger partial charge is 0.452 e. The number of thiazole rings is 1. The van der Waals surface area contributed by atoms with Crippen LogP contribution in [0.1, 0.15) is 19.5 Å². The number of rotatable bonds is 6. The molecule has 2 heterocycles. The number of hydrogen-bond donors (Lipinski definition) is 2. The molecule has 0 fully saturated rings. The molecule has 0 unspecified atom stereocenters. The van der Waals surface area contributed by atoms with Crippen molar-refractivity contribution in [1.82, 2.24) is 9.38 Å². The maximum atomic E-state index is 12.2. The summed E-state index contributed by atoms with van der Waals surface area (Å²) in [6.45, 7) is 2.92. The molecule has 0 saturated heterocycles. The second-order valence-electron chi connectivity index (χ2n) is 5.88. The van der Waals surface area contributed by atoms with Crippen LogP contribution in [0.4, 0.5) is 11.4 Å².